The molecule has 0 aliphatic rings. The Kier molecular flexibility index (Phi) is 7.04. The lowest BCUT2D eigenvalue weighted by Crippen LogP contribution is -2.23. The highest BCUT2D eigenvalue weighted by atomic mass is 79.9. The van der Waals surface area contributed by atoms with Crippen molar-refractivity contribution in [1.82, 2.24) is 10.2 Å². The Morgan fingerprint density at radius 1 is 1.39 bits per heavy atom. The molecule has 1 rings (SSSR count). The third-order valence-corrected chi connectivity index (χ3v) is 3.59. The Hall–Kier alpha value is -0.820. The maximum atomic E-state index is 5.36. The highest BCUT2D eigenvalue weighted by molar-refractivity contribution is 9.10. The molecule has 1 N–H and O–H groups in total. The van der Waals surface area contributed by atoms with Crippen LogP contribution in [0.5, 0.6) is 0 Å². The topological polar surface area (TPSA) is 15.3 Å². The number of terminal acetylenes is 1. The molecule has 18 heavy (non-hydrogen) atoms. The summed E-state index contributed by atoms with van der Waals surface area (Å²) >= 11 is 3.64. The molecule has 1 aromatic rings. The van der Waals surface area contributed by atoms with Crippen LogP contribution in [-0.2, 0) is 13.1 Å². The fraction of sp³-hybridized carbons (Fsp3) is 0.467. The summed E-state index contributed by atoms with van der Waals surface area (Å²) in [6.45, 7) is 8.70. The molecule has 0 heterocycles. The molecule has 1 aromatic carbocycles. The van der Waals surface area contributed by atoms with E-state index in [0.717, 1.165) is 30.7 Å². The van der Waals surface area contributed by atoms with Gasteiger partial charge >= 0.3 is 0 Å². The largest absolute Gasteiger partial charge is 0.313 e. The normalized spacial score (nSPS) is 10.6. The molecule has 0 aliphatic heterocycles. The maximum absolute atomic E-state index is 5.36. The molecular weight excluding hydrogens is 288 g/mol. The van der Waals surface area contributed by atoms with E-state index in [1.165, 1.54) is 11.1 Å². The van der Waals surface area contributed by atoms with Crippen LogP contribution in [0.15, 0.2) is 22.7 Å². The Morgan fingerprint density at radius 3 is 2.72 bits per heavy atom. The molecule has 0 atom stereocenters. The Bertz CT molecular complexity index is 409. The summed E-state index contributed by atoms with van der Waals surface area (Å²) in [5, 5.41) is 3.33. The van der Waals surface area contributed by atoms with Crippen LogP contribution in [0.4, 0.5) is 0 Å². The molecule has 0 unspecified atom stereocenters. The lowest BCUT2D eigenvalue weighted by atomic mass is 10.1. The number of nitrogens with zero attached hydrogens (tertiary/aromatic N) is 1. The van der Waals surface area contributed by atoms with Crippen molar-refractivity contribution < 1.29 is 0 Å². The average Bonchev–Trinajstić information content (AvgIpc) is 2.38. The number of hydrogen-bond donors (Lipinski definition) is 1. The van der Waals surface area contributed by atoms with Crippen LogP contribution in [0, 0.1) is 12.3 Å². The minimum Gasteiger partial charge on any atom is -0.313 e. The maximum Gasteiger partial charge on any atom is 0.0601 e. The van der Waals surface area contributed by atoms with Gasteiger partial charge in [-0.3, -0.25) is 4.90 Å². The molecule has 0 saturated carbocycles. The molecule has 0 aliphatic carbocycles. The summed E-state index contributed by atoms with van der Waals surface area (Å²) < 4.78 is 1.16. The van der Waals surface area contributed by atoms with E-state index in [1.54, 1.807) is 0 Å². The first-order valence-corrected chi connectivity index (χ1v) is 7.14. The summed E-state index contributed by atoms with van der Waals surface area (Å²) in [4.78, 5) is 2.24. The molecule has 98 valence electrons. The molecule has 0 spiro atoms. The minimum absolute atomic E-state index is 0.697. The predicted octanol–water partition coefficient (Wildman–Crippen LogP) is 3.01. The second-order valence-corrected chi connectivity index (χ2v) is 5.07. The molecule has 0 radical (unpaired) electrons. The number of nitrogens with one attached hydrogen (secondary N) is 1. The molecule has 0 amide bonds. The summed E-state index contributed by atoms with van der Waals surface area (Å²) in [6.07, 6.45) is 5.36. The molecule has 2 nitrogen and oxygen atoms in total. The SMILES string of the molecule is C#CCN(CC)Cc1ccc(CNCC)cc1Br. The zero-order valence-corrected chi connectivity index (χ0v) is 12.8. The van der Waals surface area contributed by atoms with Crippen molar-refractivity contribution in [2.24, 2.45) is 0 Å². The van der Waals surface area contributed by atoms with E-state index in [2.05, 4.69) is 64.1 Å². The van der Waals surface area contributed by atoms with Crippen LogP contribution in [0.3, 0.4) is 0 Å². The lowest BCUT2D eigenvalue weighted by molar-refractivity contribution is 0.315. The number of halogens is 1. The number of hydrogen-bond acceptors (Lipinski definition) is 2. The van der Waals surface area contributed by atoms with E-state index in [-0.39, 0.29) is 0 Å². The summed E-state index contributed by atoms with van der Waals surface area (Å²) in [5.41, 5.74) is 2.58. The van der Waals surface area contributed by atoms with Gasteiger partial charge in [-0.05, 0) is 30.3 Å². The van der Waals surface area contributed by atoms with Gasteiger partial charge in [-0.15, -0.1) is 6.42 Å². The van der Waals surface area contributed by atoms with Crippen molar-refractivity contribution in [2.75, 3.05) is 19.6 Å². The Balaban J connectivity index is 2.70. The fourth-order valence-electron chi connectivity index (χ4n) is 1.75. The van der Waals surface area contributed by atoms with E-state index < -0.39 is 0 Å². The summed E-state index contributed by atoms with van der Waals surface area (Å²) in [5.74, 6) is 2.70. The first kappa shape index (κ1) is 15.2. The smallest absolute Gasteiger partial charge is 0.0601 e. The van der Waals surface area contributed by atoms with Gasteiger partial charge in [0, 0.05) is 17.6 Å². The third kappa shape index (κ3) is 4.81. The fourth-order valence-corrected chi connectivity index (χ4v) is 2.30. The molecule has 3 heteroatoms. The molecular formula is C15H21BrN2. The average molecular weight is 309 g/mol. The summed E-state index contributed by atoms with van der Waals surface area (Å²) in [6, 6.07) is 6.53. The lowest BCUT2D eigenvalue weighted by Gasteiger charge is -2.18. The van der Waals surface area contributed by atoms with Gasteiger partial charge in [-0.2, -0.15) is 0 Å². The van der Waals surface area contributed by atoms with Crippen molar-refractivity contribution in [2.45, 2.75) is 26.9 Å². The second-order valence-electron chi connectivity index (χ2n) is 4.21. The van der Waals surface area contributed by atoms with Crippen LogP contribution in [-0.4, -0.2) is 24.5 Å². The van der Waals surface area contributed by atoms with Crippen LogP contribution in [0.25, 0.3) is 0 Å². The van der Waals surface area contributed by atoms with Crippen LogP contribution in [0.2, 0.25) is 0 Å². The molecule has 0 saturated heterocycles. The zero-order chi connectivity index (χ0) is 13.4. The minimum atomic E-state index is 0.697. The Morgan fingerprint density at radius 2 is 2.17 bits per heavy atom. The van der Waals surface area contributed by atoms with Gasteiger partial charge in [0.2, 0.25) is 0 Å². The van der Waals surface area contributed by atoms with E-state index >= 15 is 0 Å². The van der Waals surface area contributed by atoms with E-state index in [4.69, 9.17) is 6.42 Å². The van der Waals surface area contributed by atoms with Crippen LogP contribution < -0.4 is 5.32 Å². The predicted molar refractivity (Wildman–Crippen MR) is 81.3 cm³/mol. The van der Waals surface area contributed by atoms with E-state index in [0.29, 0.717) is 6.54 Å². The van der Waals surface area contributed by atoms with Gasteiger partial charge in [0.05, 0.1) is 6.54 Å². The first-order valence-electron chi connectivity index (χ1n) is 6.35. The van der Waals surface area contributed by atoms with Crippen molar-refractivity contribution in [1.29, 1.82) is 0 Å². The van der Waals surface area contributed by atoms with Gasteiger partial charge in [0.15, 0.2) is 0 Å². The zero-order valence-electron chi connectivity index (χ0n) is 11.2. The van der Waals surface area contributed by atoms with Gasteiger partial charge in [0.25, 0.3) is 0 Å². The molecule has 0 fully saturated rings. The number of benzene rings is 1. The quantitative estimate of drug-likeness (QED) is 0.779. The van der Waals surface area contributed by atoms with Crippen LogP contribution >= 0.6 is 15.9 Å². The molecule has 0 bridgehead atoms. The highest BCUT2D eigenvalue weighted by Gasteiger charge is 2.06. The standard InChI is InChI=1S/C15H21BrN2/c1-4-9-18(6-3)12-14-8-7-13(10-15(14)16)11-17-5-2/h1,7-8,10,17H,5-6,9,11-12H2,2-3H3. The highest BCUT2D eigenvalue weighted by Crippen LogP contribution is 2.20. The third-order valence-electron chi connectivity index (χ3n) is 2.85. The van der Waals surface area contributed by atoms with Crippen molar-refractivity contribution >= 4 is 15.9 Å². The monoisotopic (exact) mass is 308 g/mol. The van der Waals surface area contributed by atoms with Gasteiger partial charge in [-0.25, -0.2) is 0 Å². The van der Waals surface area contributed by atoms with E-state index in [1.807, 2.05) is 0 Å². The van der Waals surface area contributed by atoms with Crippen molar-refractivity contribution in [3.8, 4) is 12.3 Å². The summed E-state index contributed by atoms with van der Waals surface area (Å²) in [7, 11) is 0. The van der Waals surface area contributed by atoms with Gasteiger partial charge < -0.3 is 5.32 Å². The molecule has 0 aromatic heterocycles. The van der Waals surface area contributed by atoms with Crippen molar-refractivity contribution in [3.63, 3.8) is 0 Å². The van der Waals surface area contributed by atoms with Gasteiger partial charge in [0.1, 0.15) is 0 Å². The first-order chi connectivity index (χ1) is 8.71. The number of rotatable bonds is 7. The van der Waals surface area contributed by atoms with E-state index in [9.17, 15) is 0 Å². The Labute approximate surface area is 119 Å². The van der Waals surface area contributed by atoms with Crippen LogP contribution in [0.1, 0.15) is 25.0 Å². The second kappa shape index (κ2) is 8.31. The van der Waals surface area contributed by atoms with Gasteiger partial charge in [-0.1, -0.05) is 47.8 Å². The van der Waals surface area contributed by atoms with Crippen molar-refractivity contribution in [3.05, 3.63) is 33.8 Å².